The van der Waals surface area contributed by atoms with E-state index in [9.17, 15) is 0 Å². The van der Waals surface area contributed by atoms with E-state index < -0.39 is 0 Å². The van der Waals surface area contributed by atoms with Crippen LogP contribution in [0.4, 0.5) is 0 Å². The molecule has 0 aliphatic heterocycles. The van der Waals surface area contributed by atoms with E-state index in [2.05, 4.69) is 29.2 Å². The van der Waals surface area contributed by atoms with Gasteiger partial charge < -0.3 is 0 Å². The molecule has 18 heavy (non-hydrogen) atoms. The van der Waals surface area contributed by atoms with E-state index in [1.165, 1.54) is 19.3 Å². The first-order valence-electron chi connectivity index (χ1n) is 6.85. The Morgan fingerprint density at radius 3 is 2.50 bits per heavy atom. The lowest BCUT2D eigenvalue weighted by atomic mass is 9.73. The Morgan fingerprint density at radius 1 is 1.28 bits per heavy atom. The summed E-state index contributed by atoms with van der Waals surface area (Å²) in [4.78, 5) is 8.67. The van der Waals surface area contributed by atoms with Gasteiger partial charge in [-0.3, -0.25) is 11.3 Å². The first kappa shape index (κ1) is 13.4. The van der Waals surface area contributed by atoms with Crippen molar-refractivity contribution in [3.05, 3.63) is 23.8 Å². The maximum Gasteiger partial charge on any atom is 0.125 e. The van der Waals surface area contributed by atoms with Crippen LogP contribution in [0.3, 0.4) is 0 Å². The third-order valence-electron chi connectivity index (χ3n) is 3.98. The summed E-state index contributed by atoms with van der Waals surface area (Å²) in [6.07, 6.45) is 5.60. The second-order valence-corrected chi connectivity index (χ2v) is 5.85. The molecule has 1 aliphatic rings. The molecular formula is C14H24N4. The van der Waals surface area contributed by atoms with Gasteiger partial charge in [0.05, 0.1) is 11.7 Å². The normalized spacial score (nSPS) is 30.1. The second-order valence-electron chi connectivity index (χ2n) is 5.85. The molecule has 0 saturated heterocycles. The number of nitrogens with zero attached hydrogens (tertiary/aromatic N) is 2. The fraction of sp³-hybridized carbons (Fsp3) is 0.714. The van der Waals surface area contributed by atoms with Crippen molar-refractivity contribution in [2.24, 2.45) is 23.6 Å². The summed E-state index contributed by atoms with van der Waals surface area (Å²) in [5.41, 5.74) is 3.99. The predicted octanol–water partition coefficient (Wildman–Crippen LogP) is 2.36. The molecule has 0 amide bonds. The molecule has 0 bridgehead atoms. The van der Waals surface area contributed by atoms with Crippen molar-refractivity contribution in [3.8, 4) is 0 Å². The molecule has 4 nitrogen and oxygen atoms in total. The molecule has 1 aromatic heterocycles. The Labute approximate surface area is 109 Å². The lowest BCUT2D eigenvalue weighted by Crippen LogP contribution is -2.37. The molecule has 0 aromatic carbocycles. The monoisotopic (exact) mass is 248 g/mol. The van der Waals surface area contributed by atoms with Crippen molar-refractivity contribution in [1.82, 2.24) is 15.4 Å². The highest BCUT2D eigenvalue weighted by atomic mass is 15.2. The van der Waals surface area contributed by atoms with Crippen molar-refractivity contribution >= 4 is 0 Å². The van der Waals surface area contributed by atoms with Crippen molar-refractivity contribution in [2.75, 3.05) is 0 Å². The summed E-state index contributed by atoms with van der Waals surface area (Å²) in [5, 5.41) is 0. The summed E-state index contributed by atoms with van der Waals surface area (Å²) in [7, 11) is 0. The number of nitrogens with one attached hydrogen (secondary N) is 1. The van der Waals surface area contributed by atoms with Crippen LogP contribution in [0.25, 0.3) is 0 Å². The molecule has 3 unspecified atom stereocenters. The molecule has 3 N–H and O–H groups in total. The van der Waals surface area contributed by atoms with E-state index in [0.717, 1.165) is 23.4 Å². The van der Waals surface area contributed by atoms with Crippen LogP contribution in [-0.4, -0.2) is 9.97 Å². The van der Waals surface area contributed by atoms with E-state index in [-0.39, 0.29) is 6.04 Å². The minimum atomic E-state index is 0.150. The van der Waals surface area contributed by atoms with E-state index in [4.69, 9.17) is 5.84 Å². The maximum atomic E-state index is 5.77. The smallest absolute Gasteiger partial charge is 0.125 e. The minimum Gasteiger partial charge on any atom is -0.271 e. The Hall–Kier alpha value is -1.00. The number of hydrogen-bond acceptors (Lipinski definition) is 4. The van der Waals surface area contributed by atoms with Gasteiger partial charge in [0, 0.05) is 6.20 Å². The predicted molar refractivity (Wildman–Crippen MR) is 72.5 cm³/mol. The van der Waals surface area contributed by atoms with Crippen LogP contribution in [0, 0.1) is 24.7 Å². The summed E-state index contributed by atoms with van der Waals surface area (Å²) in [5.74, 6) is 8.70. The topological polar surface area (TPSA) is 63.8 Å². The van der Waals surface area contributed by atoms with Crippen molar-refractivity contribution in [2.45, 2.75) is 46.1 Å². The second kappa shape index (κ2) is 5.76. The van der Waals surface area contributed by atoms with Gasteiger partial charge in [0.1, 0.15) is 5.82 Å². The Bertz CT molecular complexity index is 383. The molecule has 1 fully saturated rings. The highest BCUT2D eigenvalue weighted by Crippen LogP contribution is 2.38. The number of nitrogens with two attached hydrogens (primary N) is 1. The molecule has 4 heteroatoms. The molecule has 1 heterocycles. The molecule has 0 radical (unpaired) electrons. The van der Waals surface area contributed by atoms with E-state index in [0.29, 0.717) is 5.92 Å². The zero-order valence-corrected chi connectivity index (χ0v) is 11.6. The van der Waals surface area contributed by atoms with Crippen molar-refractivity contribution in [3.63, 3.8) is 0 Å². The van der Waals surface area contributed by atoms with Gasteiger partial charge in [-0.1, -0.05) is 13.8 Å². The van der Waals surface area contributed by atoms with Crippen LogP contribution in [0.1, 0.15) is 50.7 Å². The average molecular weight is 248 g/mol. The van der Waals surface area contributed by atoms with Crippen LogP contribution in [0.2, 0.25) is 0 Å². The van der Waals surface area contributed by atoms with Gasteiger partial charge >= 0.3 is 0 Å². The van der Waals surface area contributed by atoms with E-state index in [1.54, 1.807) is 0 Å². The van der Waals surface area contributed by atoms with Crippen LogP contribution in [-0.2, 0) is 0 Å². The molecule has 0 spiro atoms. The van der Waals surface area contributed by atoms with Gasteiger partial charge in [0.2, 0.25) is 0 Å². The van der Waals surface area contributed by atoms with E-state index in [1.807, 2.05) is 19.2 Å². The molecular weight excluding hydrogens is 224 g/mol. The quantitative estimate of drug-likeness (QED) is 0.636. The summed E-state index contributed by atoms with van der Waals surface area (Å²) < 4.78 is 0. The first-order chi connectivity index (χ1) is 8.60. The van der Waals surface area contributed by atoms with Crippen LogP contribution in [0.15, 0.2) is 12.3 Å². The van der Waals surface area contributed by atoms with Crippen molar-refractivity contribution < 1.29 is 0 Å². The summed E-state index contributed by atoms with van der Waals surface area (Å²) in [6, 6.07) is 2.12. The minimum absolute atomic E-state index is 0.150. The Kier molecular flexibility index (Phi) is 4.30. The lowest BCUT2D eigenvalue weighted by Gasteiger charge is -2.36. The standard InChI is InChI=1S/C14H24N4/c1-9-6-10(2)8-12(7-9)14(18-15)13-4-5-16-11(3)17-13/h4-5,9-10,12,14,18H,6-8,15H2,1-3H3. The zero-order chi connectivity index (χ0) is 13.1. The number of hydrogen-bond donors (Lipinski definition) is 2. The van der Waals surface area contributed by atoms with Gasteiger partial charge in [-0.2, -0.15) is 0 Å². The van der Waals surface area contributed by atoms with Gasteiger partial charge in [-0.15, -0.1) is 0 Å². The third-order valence-corrected chi connectivity index (χ3v) is 3.98. The van der Waals surface area contributed by atoms with Crippen molar-refractivity contribution in [1.29, 1.82) is 0 Å². The maximum absolute atomic E-state index is 5.77. The number of rotatable bonds is 3. The lowest BCUT2D eigenvalue weighted by molar-refractivity contribution is 0.175. The molecule has 3 atom stereocenters. The van der Waals surface area contributed by atoms with Crippen LogP contribution >= 0.6 is 0 Å². The van der Waals surface area contributed by atoms with Gasteiger partial charge in [-0.05, 0) is 50.0 Å². The number of hydrazine groups is 1. The molecule has 1 aromatic rings. The SMILES string of the molecule is Cc1nccc(C(NN)C2CC(C)CC(C)C2)n1. The van der Waals surface area contributed by atoms with Crippen LogP contribution in [0.5, 0.6) is 0 Å². The molecule has 1 aliphatic carbocycles. The number of aryl methyl sites for hydroxylation is 1. The largest absolute Gasteiger partial charge is 0.271 e. The fourth-order valence-electron chi connectivity index (χ4n) is 3.39. The first-order valence-corrected chi connectivity index (χ1v) is 6.85. The van der Waals surface area contributed by atoms with Gasteiger partial charge in [-0.25, -0.2) is 9.97 Å². The summed E-state index contributed by atoms with van der Waals surface area (Å²) >= 11 is 0. The van der Waals surface area contributed by atoms with E-state index >= 15 is 0 Å². The zero-order valence-electron chi connectivity index (χ0n) is 11.6. The number of aromatic nitrogens is 2. The molecule has 100 valence electrons. The fourth-order valence-corrected chi connectivity index (χ4v) is 3.39. The highest BCUT2D eigenvalue weighted by molar-refractivity contribution is 5.09. The summed E-state index contributed by atoms with van der Waals surface area (Å²) in [6.45, 7) is 6.59. The Morgan fingerprint density at radius 2 is 1.94 bits per heavy atom. The van der Waals surface area contributed by atoms with Gasteiger partial charge in [0.15, 0.2) is 0 Å². The third kappa shape index (κ3) is 3.06. The van der Waals surface area contributed by atoms with Crippen LogP contribution < -0.4 is 11.3 Å². The highest BCUT2D eigenvalue weighted by Gasteiger charge is 2.31. The average Bonchev–Trinajstić information content (AvgIpc) is 2.28. The van der Waals surface area contributed by atoms with Gasteiger partial charge in [0.25, 0.3) is 0 Å². The molecule has 2 rings (SSSR count). The Balaban J connectivity index is 2.17. The molecule has 1 saturated carbocycles.